The van der Waals surface area contributed by atoms with Gasteiger partial charge in [-0.2, -0.15) is 0 Å². The molecule has 246 valence electrons. The molecule has 0 aliphatic carbocycles. The van der Waals surface area contributed by atoms with Crippen LogP contribution in [0.1, 0.15) is 102 Å². The molecular formula is C32H63N5O5. The Hall–Kier alpha value is -3.19. The fourth-order valence-corrected chi connectivity index (χ4v) is 3.33. The van der Waals surface area contributed by atoms with Gasteiger partial charge in [0.1, 0.15) is 12.1 Å². The largest absolute Gasteiger partial charge is 0.344 e. The minimum Gasteiger partial charge on any atom is -0.344 e. The number of Topliss-reactive ketones (excluding diaryl/α,β-unsaturated/α-hetero) is 1. The van der Waals surface area contributed by atoms with E-state index in [-0.39, 0.29) is 25.0 Å². The number of aldehydes is 1. The monoisotopic (exact) mass is 597 g/mol. The lowest BCUT2D eigenvalue weighted by Crippen LogP contribution is -2.59. The van der Waals surface area contributed by atoms with E-state index in [2.05, 4.69) is 33.8 Å². The Labute approximate surface area is 257 Å². The first kappa shape index (κ1) is 48.5. The predicted molar refractivity (Wildman–Crippen MR) is 176 cm³/mol. The number of hydrogen-bond donors (Lipinski definition) is 4. The van der Waals surface area contributed by atoms with E-state index in [9.17, 15) is 24.0 Å². The van der Waals surface area contributed by atoms with Gasteiger partial charge in [0, 0.05) is 26.6 Å². The van der Waals surface area contributed by atoms with Crippen LogP contribution in [0.25, 0.3) is 0 Å². The van der Waals surface area contributed by atoms with Gasteiger partial charge in [0.2, 0.25) is 17.6 Å². The van der Waals surface area contributed by atoms with Crippen molar-refractivity contribution in [2.75, 3.05) is 27.2 Å². The van der Waals surface area contributed by atoms with Crippen LogP contribution in [-0.4, -0.2) is 80.1 Å². The van der Waals surface area contributed by atoms with Gasteiger partial charge in [-0.05, 0) is 31.7 Å². The number of ketones is 1. The van der Waals surface area contributed by atoms with Crippen molar-refractivity contribution in [1.29, 1.82) is 0 Å². The lowest BCUT2D eigenvalue weighted by molar-refractivity contribution is -0.142. The molecule has 4 amide bonds. The maximum absolute atomic E-state index is 13.2. The summed E-state index contributed by atoms with van der Waals surface area (Å²) in [6.07, 6.45) is 8.57. The number of rotatable bonds is 10. The number of terminal acetylenes is 1. The van der Waals surface area contributed by atoms with Crippen LogP contribution in [0, 0.1) is 17.8 Å². The van der Waals surface area contributed by atoms with E-state index in [1.165, 1.54) is 11.9 Å². The van der Waals surface area contributed by atoms with E-state index >= 15 is 0 Å². The van der Waals surface area contributed by atoms with Crippen molar-refractivity contribution in [1.82, 2.24) is 26.2 Å². The first-order valence-corrected chi connectivity index (χ1v) is 15.2. The molecule has 1 heterocycles. The summed E-state index contributed by atoms with van der Waals surface area (Å²) in [5.74, 6) is 0.719. The number of carbonyl (C=O) groups is 5. The van der Waals surface area contributed by atoms with Gasteiger partial charge in [-0.3, -0.25) is 19.2 Å². The van der Waals surface area contributed by atoms with E-state index in [1.807, 2.05) is 89.3 Å². The third-order valence-electron chi connectivity index (χ3n) is 5.16. The number of nitrogens with one attached hydrogen (secondary N) is 4. The number of nitrogens with zero attached hydrogens (tertiary/aromatic N) is 1. The lowest BCUT2D eigenvalue weighted by atomic mass is 9.85. The maximum atomic E-state index is 13.2. The van der Waals surface area contributed by atoms with E-state index in [0.29, 0.717) is 19.4 Å². The summed E-state index contributed by atoms with van der Waals surface area (Å²) in [7, 11) is 3.34. The molecule has 42 heavy (non-hydrogen) atoms. The molecule has 0 bridgehead atoms. The Morgan fingerprint density at radius 2 is 1.52 bits per heavy atom. The van der Waals surface area contributed by atoms with Crippen LogP contribution in [0.4, 0.5) is 4.79 Å². The third kappa shape index (κ3) is 21.5. The lowest BCUT2D eigenvalue weighted by Gasteiger charge is -2.35. The molecule has 4 N–H and O–H groups in total. The second-order valence-corrected chi connectivity index (χ2v) is 8.88. The summed E-state index contributed by atoms with van der Waals surface area (Å²) in [6.45, 7) is 26.2. The molecule has 0 aromatic carbocycles. The summed E-state index contributed by atoms with van der Waals surface area (Å²) < 4.78 is 0. The van der Waals surface area contributed by atoms with Gasteiger partial charge in [-0.25, -0.2) is 4.79 Å². The van der Waals surface area contributed by atoms with Gasteiger partial charge < -0.3 is 26.2 Å². The van der Waals surface area contributed by atoms with E-state index < -0.39 is 41.3 Å². The Morgan fingerprint density at radius 3 is 1.88 bits per heavy atom. The van der Waals surface area contributed by atoms with Gasteiger partial charge in [0.15, 0.2) is 6.29 Å². The second-order valence-electron chi connectivity index (χ2n) is 8.88. The van der Waals surface area contributed by atoms with Crippen molar-refractivity contribution in [2.24, 2.45) is 5.41 Å². The molecule has 10 heteroatoms. The van der Waals surface area contributed by atoms with Gasteiger partial charge in [0.05, 0.1) is 6.04 Å². The Bertz CT molecular complexity index is 772. The molecule has 3 unspecified atom stereocenters. The minimum atomic E-state index is -1.02. The van der Waals surface area contributed by atoms with Crippen LogP contribution in [0.3, 0.4) is 0 Å². The molecule has 0 radical (unpaired) electrons. The Morgan fingerprint density at radius 1 is 1.00 bits per heavy atom. The topological polar surface area (TPSA) is 137 Å². The molecule has 1 saturated heterocycles. The highest BCUT2D eigenvalue weighted by Gasteiger charge is 2.42. The molecule has 0 aromatic rings. The number of urea groups is 1. The van der Waals surface area contributed by atoms with Crippen molar-refractivity contribution < 1.29 is 24.0 Å². The van der Waals surface area contributed by atoms with Crippen molar-refractivity contribution >= 4 is 29.9 Å². The highest BCUT2D eigenvalue weighted by Crippen LogP contribution is 2.26. The molecule has 1 aliphatic heterocycles. The standard InChI is InChI=1S/C20H30N4O5.C4H9N.4C2H6/c1-6-7-9-13(15(26)12-25)22-17(27)14-10-8-11-24(14)18(28)16(20(2,3)4)23-19(29)21-5;1-3-4-5-2;4*1-2/h1,12-14,16H,7-11H2,2-5H3,(H,22,27)(H2,21,23,29);3,5H,1,4H2,2H3;4*1-2H3. The molecule has 1 fully saturated rings. The molecule has 1 rings (SSSR count). The summed E-state index contributed by atoms with van der Waals surface area (Å²) in [6, 6.07) is -3.14. The average Bonchev–Trinajstić information content (AvgIpc) is 3.51. The first-order valence-electron chi connectivity index (χ1n) is 15.2. The number of hydrogen-bond acceptors (Lipinski definition) is 6. The van der Waals surface area contributed by atoms with Crippen LogP contribution in [-0.2, 0) is 19.2 Å². The van der Waals surface area contributed by atoms with Crippen LogP contribution >= 0.6 is 0 Å². The van der Waals surface area contributed by atoms with Gasteiger partial charge >= 0.3 is 6.03 Å². The third-order valence-corrected chi connectivity index (χ3v) is 5.16. The minimum absolute atomic E-state index is 0.142. The zero-order chi connectivity index (χ0) is 34.3. The second kappa shape index (κ2) is 32.3. The molecule has 0 saturated carbocycles. The fourth-order valence-electron chi connectivity index (χ4n) is 3.33. The number of amides is 4. The summed E-state index contributed by atoms with van der Waals surface area (Å²) in [4.78, 5) is 61.8. The summed E-state index contributed by atoms with van der Waals surface area (Å²) >= 11 is 0. The smallest absolute Gasteiger partial charge is 0.315 e. The highest BCUT2D eigenvalue weighted by molar-refractivity contribution is 6.28. The average molecular weight is 598 g/mol. The highest BCUT2D eigenvalue weighted by atomic mass is 16.2. The maximum Gasteiger partial charge on any atom is 0.315 e. The molecular weight excluding hydrogens is 534 g/mol. The van der Waals surface area contributed by atoms with Crippen LogP contribution in [0.5, 0.6) is 0 Å². The van der Waals surface area contributed by atoms with Crippen LogP contribution < -0.4 is 21.3 Å². The Balaban J connectivity index is -0.000000301. The van der Waals surface area contributed by atoms with Crippen molar-refractivity contribution in [3.63, 3.8) is 0 Å². The van der Waals surface area contributed by atoms with E-state index in [1.54, 1.807) is 0 Å². The van der Waals surface area contributed by atoms with Crippen molar-refractivity contribution in [3.8, 4) is 12.3 Å². The van der Waals surface area contributed by atoms with Gasteiger partial charge in [-0.1, -0.05) is 82.2 Å². The zero-order valence-corrected chi connectivity index (χ0v) is 28.9. The molecule has 10 nitrogen and oxygen atoms in total. The van der Waals surface area contributed by atoms with Gasteiger partial charge in [-0.15, -0.1) is 18.9 Å². The number of likely N-dealkylation sites (N-methyl/N-ethyl adjacent to an activating group) is 1. The van der Waals surface area contributed by atoms with E-state index in [0.717, 1.165) is 6.54 Å². The molecule has 1 aliphatic rings. The van der Waals surface area contributed by atoms with Gasteiger partial charge in [0.25, 0.3) is 0 Å². The Kier molecular flexibility index (Phi) is 37.4. The fraction of sp³-hybridized carbons (Fsp3) is 0.719. The molecule has 0 aromatic heterocycles. The van der Waals surface area contributed by atoms with Crippen LogP contribution in [0.15, 0.2) is 12.7 Å². The SMILES string of the molecule is C#CCCC(NC(=O)C1CCCN1C(=O)C(NC(=O)NC)C(C)(C)C)C(=O)C=O.C=CCNC.CC.CC.CC.CC. The van der Waals surface area contributed by atoms with E-state index in [4.69, 9.17) is 6.42 Å². The molecule has 3 atom stereocenters. The van der Waals surface area contributed by atoms with Crippen molar-refractivity contribution in [2.45, 2.75) is 120 Å². The van der Waals surface area contributed by atoms with Crippen molar-refractivity contribution in [3.05, 3.63) is 12.7 Å². The zero-order valence-electron chi connectivity index (χ0n) is 28.9. The number of carbonyl (C=O) groups excluding carboxylic acids is 5. The quantitative estimate of drug-likeness (QED) is 0.127. The normalized spacial score (nSPS) is 14.0. The number of likely N-dealkylation sites (tertiary alicyclic amines) is 1. The summed E-state index contributed by atoms with van der Waals surface area (Å²) in [5, 5.41) is 10.5. The summed E-state index contributed by atoms with van der Waals surface area (Å²) in [5.41, 5.74) is -0.587. The first-order chi connectivity index (χ1) is 20.0. The molecule has 0 spiro atoms. The predicted octanol–water partition coefficient (Wildman–Crippen LogP) is 4.48. The van der Waals surface area contributed by atoms with Crippen LogP contribution in [0.2, 0.25) is 0 Å².